The molecule has 0 spiro atoms. The Balaban J connectivity index is 1.48. The number of nitrogens with zero attached hydrogens (tertiary/aromatic N) is 2. The lowest BCUT2D eigenvalue weighted by molar-refractivity contribution is -0.118. The van der Waals surface area contributed by atoms with Crippen LogP contribution in [0.25, 0.3) is 5.69 Å². The lowest BCUT2D eigenvalue weighted by Crippen LogP contribution is -2.27. The molecule has 1 aromatic heterocycles. The summed E-state index contributed by atoms with van der Waals surface area (Å²) in [6.45, 7) is 2.67. The number of nitrogens with one attached hydrogen (secondary N) is 1. The fourth-order valence-corrected chi connectivity index (χ4v) is 3.53. The minimum atomic E-state index is 0.00726. The van der Waals surface area contributed by atoms with Gasteiger partial charge in [-0.3, -0.25) is 9.36 Å². The Hall–Kier alpha value is -2.73. The van der Waals surface area contributed by atoms with Crippen molar-refractivity contribution in [1.29, 1.82) is 0 Å². The van der Waals surface area contributed by atoms with Gasteiger partial charge in [0.15, 0.2) is 5.16 Å². The predicted molar refractivity (Wildman–Crippen MR) is 109 cm³/mol. The average Bonchev–Trinajstić information content (AvgIpc) is 3.15. The van der Waals surface area contributed by atoms with Gasteiger partial charge in [-0.1, -0.05) is 42.1 Å². The van der Waals surface area contributed by atoms with E-state index in [0.29, 0.717) is 12.3 Å². The smallest absolute Gasteiger partial charge is 0.230 e. The summed E-state index contributed by atoms with van der Waals surface area (Å²) in [5.74, 6) is 1.18. The molecule has 1 amide bonds. The van der Waals surface area contributed by atoms with Gasteiger partial charge in [0.2, 0.25) is 5.91 Å². The van der Waals surface area contributed by atoms with E-state index >= 15 is 0 Å². The Morgan fingerprint density at radius 2 is 1.96 bits per heavy atom. The number of ether oxygens (including phenoxy) is 1. The van der Waals surface area contributed by atoms with E-state index in [1.54, 1.807) is 13.3 Å². The maximum atomic E-state index is 12.2. The van der Waals surface area contributed by atoms with E-state index in [4.69, 9.17) is 4.74 Å². The number of rotatable bonds is 8. The summed E-state index contributed by atoms with van der Waals surface area (Å²) >= 11 is 1.44. The molecule has 0 unspecified atom stereocenters. The Kier molecular flexibility index (Phi) is 6.54. The molecule has 0 aliphatic rings. The number of carbonyl (C=O) groups is 1. The summed E-state index contributed by atoms with van der Waals surface area (Å²) in [5.41, 5.74) is 3.41. The number of imidazole rings is 1. The molecule has 0 aliphatic carbocycles. The Labute approximate surface area is 163 Å². The summed E-state index contributed by atoms with van der Waals surface area (Å²) in [6.07, 6.45) is 4.47. The van der Waals surface area contributed by atoms with Crippen molar-refractivity contribution >= 4 is 17.7 Å². The number of methoxy groups -OCH3 is 1. The molecule has 0 atom stereocenters. The highest BCUT2D eigenvalue weighted by Gasteiger charge is 2.10. The first kappa shape index (κ1) is 19.0. The van der Waals surface area contributed by atoms with Gasteiger partial charge in [0.05, 0.1) is 18.6 Å². The van der Waals surface area contributed by atoms with Gasteiger partial charge >= 0.3 is 0 Å². The predicted octanol–water partition coefficient (Wildman–Crippen LogP) is 3.64. The van der Waals surface area contributed by atoms with Crippen LogP contribution in [-0.2, 0) is 11.2 Å². The molecule has 0 saturated carbocycles. The topological polar surface area (TPSA) is 56.1 Å². The van der Waals surface area contributed by atoms with Gasteiger partial charge in [-0.15, -0.1) is 0 Å². The molecule has 0 bridgehead atoms. The van der Waals surface area contributed by atoms with Gasteiger partial charge in [-0.05, 0) is 42.7 Å². The minimum Gasteiger partial charge on any atom is -0.497 e. The molecule has 3 rings (SSSR count). The van der Waals surface area contributed by atoms with Gasteiger partial charge < -0.3 is 10.1 Å². The van der Waals surface area contributed by atoms with Crippen molar-refractivity contribution in [3.63, 3.8) is 0 Å². The van der Waals surface area contributed by atoms with Crippen molar-refractivity contribution in [1.82, 2.24) is 14.9 Å². The Morgan fingerprint density at radius 3 is 2.70 bits per heavy atom. The monoisotopic (exact) mass is 381 g/mol. The zero-order valence-corrected chi connectivity index (χ0v) is 16.3. The molecular weight excluding hydrogens is 358 g/mol. The molecule has 0 fully saturated rings. The van der Waals surface area contributed by atoms with E-state index in [-0.39, 0.29) is 5.91 Å². The van der Waals surface area contributed by atoms with Crippen LogP contribution in [-0.4, -0.2) is 34.9 Å². The molecule has 3 aromatic rings. The molecule has 2 aromatic carbocycles. The lowest BCUT2D eigenvalue weighted by atomic mass is 10.1. The molecule has 27 heavy (non-hydrogen) atoms. The van der Waals surface area contributed by atoms with Crippen LogP contribution < -0.4 is 10.1 Å². The number of thioether (sulfide) groups is 1. The zero-order valence-electron chi connectivity index (χ0n) is 15.5. The maximum Gasteiger partial charge on any atom is 0.230 e. The van der Waals surface area contributed by atoms with Crippen molar-refractivity contribution in [3.8, 4) is 11.4 Å². The van der Waals surface area contributed by atoms with E-state index in [2.05, 4.69) is 29.4 Å². The normalized spacial score (nSPS) is 10.6. The first-order valence-corrected chi connectivity index (χ1v) is 9.77. The van der Waals surface area contributed by atoms with Crippen LogP contribution in [0.1, 0.15) is 11.1 Å². The van der Waals surface area contributed by atoms with Crippen LogP contribution in [0.4, 0.5) is 0 Å². The first-order chi connectivity index (χ1) is 13.2. The van der Waals surface area contributed by atoms with Gasteiger partial charge in [0.25, 0.3) is 0 Å². The van der Waals surface area contributed by atoms with Crippen LogP contribution in [0.2, 0.25) is 0 Å². The summed E-state index contributed by atoms with van der Waals surface area (Å²) in [5, 5.41) is 3.78. The molecule has 6 heteroatoms. The second kappa shape index (κ2) is 9.28. The molecule has 140 valence electrons. The molecule has 0 radical (unpaired) electrons. The highest BCUT2D eigenvalue weighted by atomic mass is 32.2. The second-order valence-electron chi connectivity index (χ2n) is 6.10. The summed E-state index contributed by atoms with van der Waals surface area (Å²) in [6, 6.07) is 16.0. The van der Waals surface area contributed by atoms with Gasteiger partial charge in [0, 0.05) is 18.9 Å². The van der Waals surface area contributed by atoms with Crippen LogP contribution >= 0.6 is 11.8 Å². The highest BCUT2D eigenvalue weighted by molar-refractivity contribution is 7.99. The number of hydrogen-bond donors (Lipinski definition) is 1. The van der Waals surface area contributed by atoms with Gasteiger partial charge in [-0.2, -0.15) is 0 Å². The first-order valence-electron chi connectivity index (χ1n) is 8.79. The van der Waals surface area contributed by atoms with Crippen LogP contribution in [0.15, 0.2) is 66.1 Å². The Morgan fingerprint density at radius 1 is 1.19 bits per heavy atom. The largest absolute Gasteiger partial charge is 0.497 e. The molecule has 0 saturated heterocycles. The molecule has 5 nitrogen and oxygen atoms in total. The number of carbonyl (C=O) groups excluding carboxylic acids is 1. The van der Waals surface area contributed by atoms with E-state index in [1.807, 2.05) is 47.2 Å². The third-order valence-electron chi connectivity index (χ3n) is 4.21. The molecule has 1 heterocycles. The van der Waals surface area contributed by atoms with Crippen LogP contribution in [0.5, 0.6) is 5.75 Å². The van der Waals surface area contributed by atoms with Crippen LogP contribution in [0, 0.1) is 6.92 Å². The Bertz CT molecular complexity index is 890. The third kappa shape index (κ3) is 5.14. The summed E-state index contributed by atoms with van der Waals surface area (Å²) < 4.78 is 7.17. The van der Waals surface area contributed by atoms with Crippen molar-refractivity contribution in [2.24, 2.45) is 0 Å². The lowest BCUT2D eigenvalue weighted by Gasteiger charge is -2.10. The van der Waals surface area contributed by atoms with Gasteiger partial charge in [-0.25, -0.2) is 4.98 Å². The number of para-hydroxylation sites is 1. The fraction of sp³-hybridized carbons (Fsp3) is 0.238. The SMILES string of the molecule is COc1ccc(CCNC(=O)CSc2nccn2-c2ccccc2C)cc1. The van der Waals surface area contributed by atoms with E-state index in [1.165, 1.54) is 22.9 Å². The highest BCUT2D eigenvalue weighted by Crippen LogP contribution is 2.22. The number of aromatic nitrogens is 2. The van der Waals surface area contributed by atoms with Crippen molar-refractivity contribution in [2.75, 3.05) is 19.4 Å². The number of amides is 1. The quantitative estimate of drug-likeness (QED) is 0.605. The zero-order chi connectivity index (χ0) is 19.1. The van der Waals surface area contributed by atoms with Crippen LogP contribution in [0.3, 0.4) is 0 Å². The van der Waals surface area contributed by atoms with E-state index in [9.17, 15) is 4.79 Å². The van der Waals surface area contributed by atoms with Crippen molar-refractivity contribution in [3.05, 3.63) is 72.1 Å². The van der Waals surface area contributed by atoms with Crippen molar-refractivity contribution < 1.29 is 9.53 Å². The minimum absolute atomic E-state index is 0.00726. The number of aryl methyl sites for hydroxylation is 1. The third-order valence-corrected chi connectivity index (χ3v) is 5.18. The molecule has 1 N–H and O–H groups in total. The maximum absolute atomic E-state index is 12.2. The summed E-state index contributed by atoms with van der Waals surface area (Å²) in [4.78, 5) is 16.5. The molecular formula is C21H23N3O2S. The second-order valence-corrected chi connectivity index (χ2v) is 7.05. The fourth-order valence-electron chi connectivity index (χ4n) is 2.73. The number of benzene rings is 2. The van der Waals surface area contributed by atoms with E-state index < -0.39 is 0 Å². The average molecular weight is 382 g/mol. The summed E-state index contributed by atoms with van der Waals surface area (Å²) in [7, 11) is 1.65. The van der Waals surface area contributed by atoms with Gasteiger partial charge in [0.1, 0.15) is 5.75 Å². The number of hydrogen-bond acceptors (Lipinski definition) is 4. The standard InChI is InChI=1S/C21H23N3O2S/c1-16-5-3-4-6-19(16)24-14-13-23-21(24)27-15-20(25)22-12-11-17-7-9-18(26-2)10-8-17/h3-10,13-14H,11-12,15H2,1-2H3,(H,22,25). The van der Waals surface area contributed by atoms with E-state index in [0.717, 1.165) is 23.0 Å². The molecule has 0 aliphatic heterocycles. The van der Waals surface area contributed by atoms with Crippen molar-refractivity contribution in [2.45, 2.75) is 18.5 Å².